The van der Waals surface area contributed by atoms with Crippen molar-refractivity contribution in [2.45, 2.75) is 49.4 Å². The second-order valence-corrected chi connectivity index (χ2v) is 13.2. The van der Waals surface area contributed by atoms with Crippen LogP contribution in [-0.4, -0.2) is 59.8 Å². The van der Waals surface area contributed by atoms with E-state index in [1.54, 1.807) is 18.2 Å². The number of benzene rings is 4. The summed E-state index contributed by atoms with van der Waals surface area (Å²) in [6, 6.07) is 28.0. The van der Waals surface area contributed by atoms with Gasteiger partial charge in [0.2, 0.25) is 0 Å². The fourth-order valence-corrected chi connectivity index (χ4v) is 5.97. The molecule has 0 bridgehead atoms. The number of rotatable bonds is 9. The van der Waals surface area contributed by atoms with Crippen LogP contribution in [0.5, 0.6) is 11.5 Å². The van der Waals surface area contributed by atoms with Crippen molar-refractivity contribution in [3.63, 3.8) is 0 Å². The first kappa shape index (κ1) is 35.4. The molecule has 1 aliphatic heterocycles. The largest absolute Gasteiger partial charge is 0.542 e. The summed E-state index contributed by atoms with van der Waals surface area (Å²) < 4.78 is 38.5. The Bertz CT molecular complexity index is 1730. The van der Waals surface area contributed by atoms with Crippen LogP contribution in [0, 0.1) is 13.8 Å². The van der Waals surface area contributed by atoms with E-state index < -0.39 is 12.1 Å². The number of carboxylic acid groups (broad SMARTS) is 1. The van der Waals surface area contributed by atoms with Crippen molar-refractivity contribution >= 4 is 23.6 Å². The monoisotopic (exact) mass is 666 g/mol. The number of quaternary nitrogens is 1. The fourth-order valence-electron chi connectivity index (χ4n) is 4.99. The summed E-state index contributed by atoms with van der Waals surface area (Å²) in [6.45, 7) is 7.73. The number of carbonyl (C=O) groups is 2. The third-order valence-corrected chi connectivity index (χ3v) is 8.79. The summed E-state index contributed by atoms with van der Waals surface area (Å²) in [5, 5.41) is 19.3. The molecular formula is C36H37F3N2O5S. The first-order valence-electron chi connectivity index (χ1n) is 14.9. The van der Waals surface area contributed by atoms with Crippen LogP contribution < -0.4 is 9.84 Å². The predicted molar refractivity (Wildman–Crippen MR) is 172 cm³/mol. The Labute approximate surface area is 276 Å². The van der Waals surface area contributed by atoms with Crippen molar-refractivity contribution in [2.24, 2.45) is 0 Å². The lowest BCUT2D eigenvalue weighted by molar-refractivity contribution is -0.903. The van der Waals surface area contributed by atoms with Gasteiger partial charge >= 0.3 is 6.18 Å². The molecule has 11 heteroatoms. The molecule has 248 valence electrons. The number of carboxylic acids is 1. The van der Waals surface area contributed by atoms with E-state index in [4.69, 9.17) is 14.6 Å². The van der Waals surface area contributed by atoms with Gasteiger partial charge in [0.25, 0.3) is 5.91 Å². The second kappa shape index (κ2) is 15.0. The van der Waals surface area contributed by atoms with Gasteiger partial charge in [0.05, 0.1) is 19.0 Å². The van der Waals surface area contributed by atoms with E-state index in [0.29, 0.717) is 30.2 Å². The molecule has 1 heterocycles. The van der Waals surface area contributed by atoms with Crippen LogP contribution >= 0.6 is 11.8 Å². The number of nitrogens with zero attached hydrogens (tertiary/aromatic N) is 2. The topological polar surface area (TPSA) is 89.9 Å². The summed E-state index contributed by atoms with van der Waals surface area (Å²) in [5.41, 5.74) is 6.58. The van der Waals surface area contributed by atoms with E-state index in [1.165, 1.54) is 28.5 Å². The van der Waals surface area contributed by atoms with Gasteiger partial charge < -0.3 is 29.1 Å². The molecule has 0 aromatic heterocycles. The number of amides is 1. The van der Waals surface area contributed by atoms with Gasteiger partial charge in [-0.25, -0.2) is 0 Å². The normalized spacial score (nSPS) is 12.6. The molecule has 0 spiro atoms. The van der Waals surface area contributed by atoms with Gasteiger partial charge in [-0.15, -0.1) is 0 Å². The van der Waals surface area contributed by atoms with Crippen molar-refractivity contribution in [1.29, 1.82) is 0 Å². The predicted octanol–water partition coefficient (Wildman–Crippen LogP) is 6.27. The molecule has 0 atom stereocenters. The minimum Gasteiger partial charge on any atom is -0.542 e. The Morgan fingerprint density at radius 3 is 2.26 bits per heavy atom. The number of aryl methyl sites for hydroxylation is 2. The average Bonchev–Trinajstić information content (AvgIpc) is 3.43. The highest BCUT2D eigenvalue weighted by molar-refractivity contribution is 7.99. The molecular weight excluding hydrogens is 629 g/mol. The summed E-state index contributed by atoms with van der Waals surface area (Å²) in [6.07, 6.45) is -5.19. The Morgan fingerprint density at radius 2 is 1.60 bits per heavy atom. The number of hydrogen-bond donors (Lipinski definition) is 1. The summed E-state index contributed by atoms with van der Waals surface area (Å²) >= 11 is 1.47. The van der Waals surface area contributed by atoms with Crippen LogP contribution in [0.3, 0.4) is 0 Å². The molecule has 0 unspecified atom stereocenters. The quantitative estimate of drug-likeness (QED) is 0.212. The molecule has 0 saturated heterocycles. The molecule has 1 amide bonds. The molecule has 0 aliphatic carbocycles. The molecule has 0 fully saturated rings. The molecule has 0 radical (unpaired) electrons. The van der Waals surface area contributed by atoms with Crippen molar-refractivity contribution in [3.8, 4) is 11.5 Å². The Balaban J connectivity index is 0.000000644. The van der Waals surface area contributed by atoms with Crippen molar-refractivity contribution < 1.29 is 42.2 Å². The van der Waals surface area contributed by atoms with Crippen LogP contribution in [0.2, 0.25) is 0 Å². The summed E-state index contributed by atoms with van der Waals surface area (Å²) in [5.74, 6) is -2.03. The Hall–Kier alpha value is -4.48. The number of hydrogen-bond acceptors (Lipinski definition) is 6. The van der Waals surface area contributed by atoms with Crippen LogP contribution in [0.4, 0.5) is 13.2 Å². The van der Waals surface area contributed by atoms with Crippen LogP contribution in [-0.2, 0) is 24.4 Å². The number of phenols is 1. The maximum absolute atomic E-state index is 13.4. The second-order valence-electron chi connectivity index (χ2n) is 12.1. The Morgan fingerprint density at radius 1 is 0.915 bits per heavy atom. The summed E-state index contributed by atoms with van der Waals surface area (Å²) in [7, 11) is 4.44. The number of ether oxygens (including phenoxy) is 1. The number of halogens is 3. The van der Waals surface area contributed by atoms with Gasteiger partial charge in [-0.1, -0.05) is 54.2 Å². The van der Waals surface area contributed by atoms with E-state index in [1.807, 2.05) is 23.1 Å². The third kappa shape index (κ3) is 10.0. The number of phenolic OH excluding ortho intramolecular Hbond substituents is 1. The summed E-state index contributed by atoms with van der Waals surface area (Å²) in [4.78, 5) is 25.8. The standard InChI is InChI=1S/C34H36N2O3S.C2HF3O2/c1-24-10-14-31(18-25(24)2)40-33-20-27(12-15-32(33)37)34(38)35-21-28-11-13-30(19-29(28)22-35)39-17-16-36(3,4)23-26-8-6-5-7-9-26;3-2(4,5)1(6)7/h5-15,18-20H,16-17,21-23H2,1-4H3;(H,6,7). The molecule has 4 aromatic rings. The molecule has 7 nitrogen and oxygen atoms in total. The minimum atomic E-state index is -5.19. The van der Waals surface area contributed by atoms with Crippen molar-refractivity contribution in [1.82, 2.24) is 4.90 Å². The molecule has 0 saturated carbocycles. The highest BCUT2D eigenvalue weighted by Gasteiger charge is 2.29. The van der Waals surface area contributed by atoms with Crippen LogP contribution in [0.1, 0.15) is 38.2 Å². The average molecular weight is 667 g/mol. The van der Waals surface area contributed by atoms with E-state index in [9.17, 15) is 23.1 Å². The number of aromatic hydroxyl groups is 1. The fraction of sp³-hybridized carbons (Fsp3) is 0.278. The van der Waals surface area contributed by atoms with E-state index in [-0.39, 0.29) is 11.7 Å². The lowest BCUT2D eigenvalue weighted by Gasteiger charge is -2.29. The number of likely N-dealkylation sites (N-methyl/N-ethyl adjacent to an activating group) is 1. The van der Waals surface area contributed by atoms with Crippen LogP contribution in [0.25, 0.3) is 0 Å². The maximum atomic E-state index is 13.4. The SMILES string of the molecule is Cc1ccc(Sc2cc(C(=O)N3Cc4ccc(OCC[N+](C)(C)Cc5ccccc5)cc4C3)ccc2O)cc1C.O=C([O-])C(F)(F)F. The van der Waals surface area contributed by atoms with Gasteiger partial charge in [0.15, 0.2) is 0 Å². The lowest BCUT2D eigenvalue weighted by atomic mass is 10.1. The zero-order valence-corrected chi connectivity index (χ0v) is 27.5. The van der Waals surface area contributed by atoms with E-state index >= 15 is 0 Å². The molecule has 1 N–H and O–H groups in total. The van der Waals surface area contributed by atoms with E-state index in [0.717, 1.165) is 39.3 Å². The molecule has 5 rings (SSSR count). The van der Waals surface area contributed by atoms with Gasteiger partial charge in [0, 0.05) is 29.1 Å². The number of aliphatic carboxylic acids is 1. The van der Waals surface area contributed by atoms with Gasteiger partial charge in [-0.2, -0.15) is 13.2 Å². The van der Waals surface area contributed by atoms with E-state index in [2.05, 4.69) is 76.5 Å². The number of fused-ring (bicyclic) bond motifs is 1. The number of alkyl halides is 3. The highest BCUT2D eigenvalue weighted by atomic mass is 32.2. The van der Waals surface area contributed by atoms with Gasteiger partial charge in [0.1, 0.15) is 37.2 Å². The van der Waals surface area contributed by atoms with Crippen LogP contribution in [0.15, 0.2) is 94.7 Å². The number of carbonyl (C=O) groups excluding carboxylic acids is 2. The minimum absolute atomic E-state index is 0.0411. The maximum Gasteiger partial charge on any atom is 0.430 e. The first-order chi connectivity index (χ1) is 22.1. The highest BCUT2D eigenvalue weighted by Crippen LogP contribution is 2.36. The first-order valence-corrected chi connectivity index (χ1v) is 15.7. The zero-order valence-electron chi connectivity index (χ0n) is 26.6. The molecule has 1 aliphatic rings. The smallest absolute Gasteiger partial charge is 0.430 e. The lowest BCUT2D eigenvalue weighted by Crippen LogP contribution is -2.41. The zero-order chi connectivity index (χ0) is 34.4. The van der Waals surface area contributed by atoms with Crippen molar-refractivity contribution in [2.75, 3.05) is 27.2 Å². The Kier molecular flexibility index (Phi) is 11.3. The van der Waals surface area contributed by atoms with Gasteiger partial charge in [-0.05, 0) is 78.6 Å². The molecule has 47 heavy (non-hydrogen) atoms. The van der Waals surface area contributed by atoms with Crippen molar-refractivity contribution in [3.05, 3.63) is 118 Å². The molecule has 4 aromatic carbocycles. The third-order valence-electron chi connectivity index (χ3n) is 7.75. The van der Waals surface area contributed by atoms with Gasteiger partial charge in [-0.3, -0.25) is 4.79 Å².